The minimum atomic E-state index is 0.874. The van der Waals surface area contributed by atoms with Crippen LogP contribution < -0.4 is 4.74 Å². The van der Waals surface area contributed by atoms with Gasteiger partial charge in [-0.3, -0.25) is 4.99 Å². The van der Waals surface area contributed by atoms with Gasteiger partial charge in [-0.15, -0.1) is 0 Å². The van der Waals surface area contributed by atoms with Crippen molar-refractivity contribution in [2.45, 2.75) is 13.8 Å². The molecule has 0 aliphatic carbocycles. The fourth-order valence-electron chi connectivity index (χ4n) is 1.84. The van der Waals surface area contributed by atoms with E-state index in [2.05, 4.69) is 88.3 Å². The highest BCUT2D eigenvalue weighted by atomic mass is 127. The SMILES string of the molecule is COc1c(I)cc(I)cc1C=Nc1ccc(C)c(C)c1. The Morgan fingerprint density at radius 1 is 1.05 bits per heavy atom. The molecule has 0 aliphatic heterocycles. The van der Waals surface area contributed by atoms with Crippen LogP contribution in [0.3, 0.4) is 0 Å². The van der Waals surface area contributed by atoms with Crippen molar-refractivity contribution < 1.29 is 4.74 Å². The van der Waals surface area contributed by atoms with Crippen LogP contribution in [0, 0.1) is 21.0 Å². The summed E-state index contributed by atoms with van der Waals surface area (Å²) in [5.41, 5.74) is 4.50. The van der Waals surface area contributed by atoms with Gasteiger partial charge in [-0.25, -0.2) is 0 Å². The summed E-state index contributed by atoms with van der Waals surface area (Å²) in [6.45, 7) is 4.21. The fourth-order valence-corrected chi connectivity index (χ4v) is 3.95. The molecule has 0 aliphatic rings. The maximum Gasteiger partial charge on any atom is 0.141 e. The maximum absolute atomic E-state index is 5.46. The van der Waals surface area contributed by atoms with E-state index < -0.39 is 0 Å². The summed E-state index contributed by atoms with van der Waals surface area (Å²) in [7, 11) is 1.69. The highest BCUT2D eigenvalue weighted by Crippen LogP contribution is 2.27. The van der Waals surface area contributed by atoms with Crippen molar-refractivity contribution in [2.75, 3.05) is 7.11 Å². The second-order valence-corrected chi connectivity index (χ2v) is 6.94. The number of aryl methyl sites for hydroxylation is 2. The van der Waals surface area contributed by atoms with Gasteiger partial charge in [0.1, 0.15) is 5.75 Å². The van der Waals surface area contributed by atoms with Gasteiger partial charge in [0.05, 0.1) is 16.4 Å². The number of benzene rings is 2. The zero-order chi connectivity index (χ0) is 14.7. The Hall–Kier alpha value is -0.630. The fraction of sp³-hybridized carbons (Fsp3) is 0.188. The molecule has 0 radical (unpaired) electrons. The van der Waals surface area contributed by atoms with Crippen LogP contribution in [-0.4, -0.2) is 13.3 Å². The van der Waals surface area contributed by atoms with Crippen LogP contribution in [0.2, 0.25) is 0 Å². The van der Waals surface area contributed by atoms with Crippen molar-refractivity contribution in [3.8, 4) is 5.75 Å². The first-order valence-electron chi connectivity index (χ1n) is 6.15. The van der Waals surface area contributed by atoms with Crippen molar-refractivity contribution in [3.63, 3.8) is 0 Å². The normalized spacial score (nSPS) is 11.1. The third-order valence-corrected chi connectivity index (χ3v) is 4.51. The average molecular weight is 491 g/mol. The van der Waals surface area contributed by atoms with E-state index in [0.29, 0.717) is 0 Å². The highest BCUT2D eigenvalue weighted by molar-refractivity contribution is 14.1. The maximum atomic E-state index is 5.46. The van der Waals surface area contributed by atoms with E-state index in [0.717, 1.165) is 20.6 Å². The van der Waals surface area contributed by atoms with Crippen LogP contribution in [0.25, 0.3) is 0 Å². The molecule has 0 spiro atoms. The summed E-state index contributed by atoms with van der Waals surface area (Å²) in [6, 6.07) is 10.4. The molecule has 2 aromatic rings. The van der Waals surface area contributed by atoms with E-state index in [1.165, 1.54) is 14.7 Å². The van der Waals surface area contributed by atoms with Gasteiger partial charge in [-0.05, 0) is 94.4 Å². The Labute approximate surface area is 146 Å². The zero-order valence-electron chi connectivity index (χ0n) is 11.6. The Kier molecular flexibility index (Phi) is 5.42. The van der Waals surface area contributed by atoms with Crippen LogP contribution in [0.4, 0.5) is 5.69 Å². The van der Waals surface area contributed by atoms with Crippen molar-refractivity contribution in [1.29, 1.82) is 0 Å². The molecule has 0 N–H and O–H groups in total. The Morgan fingerprint density at radius 2 is 1.80 bits per heavy atom. The monoisotopic (exact) mass is 491 g/mol. The van der Waals surface area contributed by atoms with Crippen molar-refractivity contribution in [3.05, 3.63) is 54.2 Å². The summed E-state index contributed by atoms with van der Waals surface area (Å²) in [4.78, 5) is 4.56. The first-order chi connectivity index (χ1) is 9.51. The van der Waals surface area contributed by atoms with E-state index in [-0.39, 0.29) is 0 Å². The molecule has 20 heavy (non-hydrogen) atoms. The lowest BCUT2D eigenvalue weighted by molar-refractivity contribution is 0.411. The van der Waals surface area contributed by atoms with Crippen LogP contribution in [0.5, 0.6) is 5.75 Å². The number of hydrogen-bond acceptors (Lipinski definition) is 2. The third kappa shape index (κ3) is 3.72. The zero-order valence-corrected chi connectivity index (χ0v) is 15.9. The van der Waals surface area contributed by atoms with Crippen LogP contribution in [0.15, 0.2) is 35.3 Å². The summed E-state index contributed by atoms with van der Waals surface area (Å²) in [5.74, 6) is 0.874. The third-order valence-electron chi connectivity index (χ3n) is 3.08. The molecule has 0 atom stereocenters. The van der Waals surface area contributed by atoms with Crippen molar-refractivity contribution in [2.24, 2.45) is 4.99 Å². The van der Waals surface area contributed by atoms with E-state index >= 15 is 0 Å². The predicted octanol–water partition coefficient (Wildman–Crippen LogP) is 5.27. The van der Waals surface area contributed by atoms with Gasteiger partial charge >= 0.3 is 0 Å². The molecule has 0 fully saturated rings. The average Bonchev–Trinajstić information content (AvgIpc) is 2.39. The molecule has 2 aromatic carbocycles. The van der Waals surface area contributed by atoms with Crippen LogP contribution >= 0.6 is 45.2 Å². The standard InChI is InChI=1S/C16H15I2NO/c1-10-4-5-14(6-11(10)2)19-9-12-7-13(17)8-15(18)16(12)20-3/h4-9H,1-3H3. The molecule has 0 saturated carbocycles. The molecule has 4 heteroatoms. The smallest absolute Gasteiger partial charge is 0.141 e. The summed E-state index contributed by atoms with van der Waals surface area (Å²) in [6.07, 6.45) is 1.87. The van der Waals surface area contributed by atoms with E-state index in [4.69, 9.17) is 4.74 Å². The van der Waals surface area contributed by atoms with Crippen LogP contribution in [-0.2, 0) is 0 Å². The number of ether oxygens (including phenoxy) is 1. The second kappa shape index (κ2) is 6.89. The lowest BCUT2D eigenvalue weighted by Gasteiger charge is -2.08. The highest BCUT2D eigenvalue weighted by Gasteiger charge is 2.07. The van der Waals surface area contributed by atoms with Gasteiger partial charge < -0.3 is 4.74 Å². The van der Waals surface area contributed by atoms with E-state index in [1.807, 2.05) is 12.3 Å². The predicted molar refractivity (Wildman–Crippen MR) is 102 cm³/mol. The van der Waals surface area contributed by atoms with Gasteiger partial charge in [0.15, 0.2) is 0 Å². The van der Waals surface area contributed by atoms with Gasteiger partial charge in [-0.1, -0.05) is 6.07 Å². The van der Waals surface area contributed by atoms with Gasteiger partial charge in [0, 0.05) is 15.3 Å². The minimum Gasteiger partial charge on any atom is -0.495 e. The van der Waals surface area contributed by atoms with Gasteiger partial charge in [-0.2, -0.15) is 0 Å². The molecule has 0 bridgehead atoms. The Bertz CT molecular complexity index is 666. The Morgan fingerprint density at radius 3 is 2.45 bits per heavy atom. The minimum absolute atomic E-state index is 0.874. The lowest BCUT2D eigenvalue weighted by Crippen LogP contribution is -1.95. The molecular formula is C16H15I2NO. The Balaban J connectivity index is 2.38. The van der Waals surface area contributed by atoms with Crippen LogP contribution in [0.1, 0.15) is 16.7 Å². The van der Waals surface area contributed by atoms with Gasteiger partial charge in [0.25, 0.3) is 0 Å². The second-order valence-electron chi connectivity index (χ2n) is 4.54. The molecule has 0 unspecified atom stereocenters. The molecular weight excluding hydrogens is 476 g/mol. The number of nitrogens with zero attached hydrogens (tertiary/aromatic N) is 1. The molecule has 0 saturated heterocycles. The summed E-state index contributed by atoms with van der Waals surface area (Å²) >= 11 is 4.59. The largest absolute Gasteiger partial charge is 0.495 e. The molecule has 0 aromatic heterocycles. The topological polar surface area (TPSA) is 21.6 Å². The van der Waals surface area contributed by atoms with Crippen molar-refractivity contribution in [1.82, 2.24) is 0 Å². The van der Waals surface area contributed by atoms with Gasteiger partial charge in [0.2, 0.25) is 0 Å². The lowest BCUT2D eigenvalue weighted by atomic mass is 10.1. The molecule has 0 heterocycles. The molecule has 2 nitrogen and oxygen atoms in total. The molecule has 2 rings (SSSR count). The summed E-state index contributed by atoms with van der Waals surface area (Å²) < 4.78 is 7.73. The number of methoxy groups -OCH3 is 1. The number of halogens is 2. The molecule has 0 amide bonds. The summed E-state index contributed by atoms with van der Waals surface area (Å²) in [5, 5.41) is 0. The van der Waals surface area contributed by atoms with Crippen molar-refractivity contribution >= 4 is 57.1 Å². The number of hydrogen-bond donors (Lipinski definition) is 0. The van der Waals surface area contributed by atoms with E-state index in [9.17, 15) is 0 Å². The first kappa shape index (κ1) is 15.8. The number of rotatable bonds is 3. The van der Waals surface area contributed by atoms with E-state index in [1.54, 1.807) is 7.11 Å². The number of aliphatic imine (C=N–C) groups is 1. The first-order valence-corrected chi connectivity index (χ1v) is 8.31. The quantitative estimate of drug-likeness (QED) is 0.424. The molecule has 104 valence electrons.